The summed E-state index contributed by atoms with van der Waals surface area (Å²) in [7, 11) is 0. The number of rotatable bonds is 0. The van der Waals surface area contributed by atoms with Gasteiger partial charge in [-0.05, 0) is 0 Å². The maximum atomic E-state index is 5.77. The number of fused-ring (bicyclic) bond motifs is 20. The third kappa shape index (κ3) is 4.90. The second-order valence-electron chi connectivity index (χ2n) is 14.2. The Bertz CT molecular complexity index is 3530. The van der Waals surface area contributed by atoms with Gasteiger partial charge in [-0.3, -0.25) is 0 Å². The molecule has 0 spiro atoms. The van der Waals surface area contributed by atoms with Gasteiger partial charge in [-0.15, -0.1) is 0 Å². The normalized spacial score (nSPS) is 12.0. The SMILES string of the molecule is [Ni]=[c]1nc2nc([nH]c3nc(nc4nc(n[cH-]c5cc6ccccc6cc15)-c1cc5ccccc5cc1-4)-c1cc4ccccc4cc1-3)-c1cc3ccccc3cc1-2. The standard InChI is InChI=1S/C48H26N7.Ni/c1-2-10-28-18-36-26-50-44-38-20-30-12-4-6-14-32(30)22-40(38)46(52-44)54-48-42-24-34-16-8-7-15-33(34)23-41(42)47(55-48)53-45-39-21-31-13-5-3-11-29(31)19-37(39)43(51-45)49-25-35(36)17-27(28)9-1;/h1-25H,(H,49,51,52,53,54,55);/q-1;. The van der Waals surface area contributed by atoms with Gasteiger partial charge in [0.05, 0.1) is 0 Å². The van der Waals surface area contributed by atoms with Crippen molar-refractivity contribution in [3.63, 3.8) is 0 Å². The minimum absolute atomic E-state index is 0.452. The number of nitrogens with zero attached hydrogens (tertiary/aromatic N) is 6. The predicted molar refractivity (Wildman–Crippen MR) is 220 cm³/mol. The Morgan fingerprint density at radius 2 is 0.732 bits per heavy atom. The third-order valence-corrected chi connectivity index (χ3v) is 11.3. The Balaban J connectivity index is 1.25. The Kier molecular flexibility index (Phi) is 6.65. The van der Waals surface area contributed by atoms with Crippen LogP contribution < -0.4 is 0 Å². The van der Waals surface area contributed by atoms with Crippen LogP contribution in [0, 0.1) is 4.27 Å². The Hall–Kier alpha value is -7.15. The zero-order valence-electron chi connectivity index (χ0n) is 29.4. The van der Waals surface area contributed by atoms with Gasteiger partial charge in [0.15, 0.2) is 0 Å². The van der Waals surface area contributed by atoms with Crippen LogP contribution in [0.3, 0.4) is 0 Å². The van der Waals surface area contributed by atoms with Crippen molar-refractivity contribution in [2.45, 2.75) is 0 Å². The van der Waals surface area contributed by atoms with E-state index in [1.54, 1.807) is 0 Å². The van der Waals surface area contributed by atoms with Gasteiger partial charge < -0.3 is 0 Å². The van der Waals surface area contributed by atoms with Gasteiger partial charge in [0.1, 0.15) is 0 Å². The molecule has 7 nitrogen and oxygen atoms in total. The summed E-state index contributed by atoms with van der Waals surface area (Å²) < 4.78 is 0.452. The third-order valence-electron chi connectivity index (χ3n) is 10.9. The second-order valence-corrected chi connectivity index (χ2v) is 14.7. The second kappa shape index (κ2) is 11.9. The van der Waals surface area contributed by atoms with Crippen molar-refractivity contribution >= 4 is 53.9 Å². The first-order valence-corrected chi connectivity index (χ1v) is 18.8. The van der Waals surface area contributed by atoms with Crippen molar-refractivity contribution in [3.8, 4) is 68.3 Å². The van der Waals surface area contributed by atoms with E-state index in [-0.39, 0.29) is 0 Å². The summed E-state index contributed by atoms with van der Waals surface area (Å²) >= 11 is 5.77. The van der Waals surface area contributed by atoms with Crippen LogP contribution in [0.15, 0.2) is 152 Å². The van der Waals surface area contributed by atoms with Gasteiger partial charge in [0.25, 0.3) is 0 Å². The summed E-state index contributed by atoms with van der Waals surface area (Å²) in [5, 5.41) is 10.4. The number of hydrogen-bond donors (Lipinski definition) is 1. The molecule has 3 aliphatic heterocycles. The van der Waals surface area contributed by atoms with Crippen LogP contribution in [0.5, 0.6) is 0 Å². The molecule has 0 atom stereocenters. The average Bonchev–Trinajstić information content (AvgIpc) is 3.86. The van der Waals surface area contributed by atoms with Crippen molar-refractivity contribution in [2.75, 3.05) is 0 Å². The molecule has 8 heteroatoms. The van der Waals surface area contributed by atoms with E-state index >= 15 is 0 Å². The van der Waals surface area contributed by atoms with E-state index in [0.717, 1.165) is 87.2 Å². The van der Waals surface area contributed by atoms with Gasteiger partial charge in [-0.25, -0.2) is 0 Å². The Morgan fingerprint density at radius 1 is 0.375 bits per heavy atom. The van der Waals surface area contributed by atoms with E-state index in [1.165, 1.54) is 0 Å². The quantitative estimate of drug-likeness (QED) is 0.122. The molecule has 8 aromatic carbocycles. The number of benzene rings is 8. The molecule has 0 saturated carbocycles. The molecule has 1 aromatic heterocycles. The molecule has 3 aliphatic rings. The van der Waals surface area contributed by atoms with E-state index < -0.39 is 0 Å². The van der Waals surface area contributed by atoms with Crippen molar-refractivity contribution in [1.29, 1.82) is 0 Å². The van der Waals surface area contributed by atoms with E-state index in [1.807, 2.05) is 48.7 Å². The summed E-state index contributed by atoms with van der Waals surface area (Å²) in [5.41, 5.74) is 5.46. The molecule has 0 radical (unpaired) electrons. The minimum atomic E-state index is 0.452. The van der Waals surface area contributed by atoms with Gasteiger partial charge in [-0.1, -0.05) is 6.07 Å². The van der Waals surface area contributed by atoms with Crippen LogP contribution in [0.4, 0.5) is 0 Å². The molecule has 9 aromatic rings. The van der Waals surface area contributed by atoms with E-state index in [2.05, 4.69) is 108 Å². The van der Waals surface area contributed by atoms with Crippen molar-refractivity contribution in [3.05, 3.63) is 156 Å². The molecule has 56 heavy (non-hydrogen) atoms. The molecule has 12 rings (SSSR count). The zero-order chi connectivity index (χ0) is 36.9. The van der Waals surface area contributed by atoms with E-state index in [0.29, 0.717) is 39.2 Å². The topological polar surface area (TPSA) is 93.1 Å². The summed E-state index contributed by atoms with van der Waals surface area (Å²) in [6, 6.07) is 50.4. The monoisotopic (exact) mass is 758 g/mol. The van der Waals surface area contributed by atoms with E-state index in [9.17, 15) is 0 Å². The number of aromatic nitrogens is 7. The molecule has 264 valence electrons. The maximum absolute atomic E-state index is 5.77. The Morgan fingerprint density at radius 3 is 1.23 bits per heavy atom. The number of H-pyrrole nitrogens is 1. The van der Waals surface area contributed by atoms with Crippen LogP contribution >= 0.6 is 0 Å². The number of nitrogens with one attached hydrogen (secondary N) is 1. The first kappa shape index (κ1) is 31.2. The molecule has 6 bridgehead atoms. The fourth-order valence-electron chi connectivity index (χ4n) is 8.09. The molecule has 0 saturated heterocycles. The van der Waals surface area contributed by atoms with Crippen molar-refractivity contribution in [1.82, 2.24) is 34.9 Å². The number of aromatic amines is 1. The van der Waals surface area contributed by atoms with Crippen LogP contribution in [0.2, 0.25) is 0 Å². The van der Waals surface area contributed by atoms with Crippen LogP contribution in [-0.2, 0) is 15.0 Å². The molecular formula is C48H26N7Ni-. The van der Waals surface area contributed by atoms with Crippen molar-refractivity contribution < 1.29 is 15.0 Å². The zero-order valence-corrected chi connectivity index (χ0v) is 30.4. The van der Waals surface area contributed by atoms with Crippen LogP contribution in [0.25, 0.3) is 122 Å². The molecule has 4 heterocycles. The average molecular weight is 759 g/mol. The summed E-state index contributed by atoms with van der Waals surface area (Å²) in [6.07, 6.45) is 1.85. The van der Waals surface area contributed by atoms with Crippen LogP contribution in [-0.4, -0.2) is 34.9 Å². The first-order valence-electron chi connectivity index (χ1n) is 18.3. The molecule has 0 unspecified atom stereocenters. The fourth-order valence-corrected chi connectivity index (χ4v) is 8.41. The molecule has 0 amide bonds. The predicted octanol–water partition coefficient (Wildman–Crippen LogP) is 11.3. The molecule has 0 aliphatic carbocycles. The van der Waals surface area contributed by atoms with Crippen molar-refractivity contribution in [2.24, 2.45) is 0 Å². The molecule has 0 fully saturated rings. The van der Waals surface area contributed by atoms with Gasteiger partial charge in [0, 0.05) is 0 Å². The van der Waals surface area contributed by atoms with Gasteiger partial charge >= 0.3 is 322 Å². The summed E-state index contributed by atoms with van der Waals surface area (Å²) in [6.45, 7) is 0. The Labute approximate surface area is 326 Å². The van der Waals surface area contributed by atoms with E-state index in [4.69, 9.17) is 44.9 Å². The van der Waals surface area contributed by atoms with Gasteiger partial charge in [0.2, 0.25) is 0 Å². The molecule has 1 N–H and O–H groups in total. The first-order chi connectivity index (χ1) is 27.6. The van der Waals surface area contributed by atoms with Crippen LogP contribution in [0.1, 0.15) is 0 Å². The summed E-state index contributed by atoms with van der Waals surface area (Å²) in [4.78, 5) is 34.6. The number of hydrogen-bond acceptors (Lipinski definition) is 6. The molecular weight excluding hydrogens is 733 g/mol. The fraction of sp³-hybridized carbons (Fsp3) is 0. The van der Waals surface area contributed by atoms with Gasteiger partial charge in [-0.2, -0.15) is 0 Å². The summed E-state index contributed by atoms with van der Waals surface area (Å²) in [5.74, 6) is 3.52.